The second-order valence-corrected chi connectivity index (χ2v) is 5.96. The van der Waals surface area contributed by atoms with Crippen LogP contribution < -0.4 is 16.0 Å². The van der Waals surface area contributed by atoms with E-state index in [0.717, 1.165) is 30.6 Å². The van der Waals surface area contributed by atoms with Crippen LogP contribution in [0.25, 0.3) is 0 Å². The summed E-state index contributed by atoms with van der Waals surface area (Å²) in [6.07, 6.45) is 3.05. The quantitative estimate of drug-likeness (QED) is 0.898. The van der Waals surface area contributed by atoms with Gasteiger partial charge in [-0.05, 0) is 37.4 Å². The monoisotopic (exact) mass is 295 g/mol. The van der Waals surface area contributed by atoms with Crippen LogP contribution in [0, 0.1) is 11.8 Å². The first-order valence-electron chi connectivity index (χ1n) is 7.01. The number of carbonyl (C=O) groups excluding carboxylic acids is 1. The summed E-state index contributed by atoms with van der Waals surface area (Å²) in [4.78, 5) is 14.4. The molecule has 1 fully saturated rings. The van der Waals surface area contributed by atoms with E-state index < -0.39 is 0 Å². The Balaban J connectivity index is 2.18. The number of nitrogens with two attached hydrogens (primary N) is 1. The lowest BCUT2D eigenvalue weighted by Gasteiger charge is -2.22. The number of nitrogens with one attached hydrogen (secondary N) is 1. The number of para-hydroxylation sites is 1. The molecule has 1 aromatic carbocycles. The Bertz CT molecular complexity index is 490. The van der Waals surface area contributed by atoms with Gasteiger partial charge in [-0.2, -0.15) is 0 Å². The van der Waals surface area contributed by atoms with E-state index in [1.165, 1.54) is 0 Å². The van der Waals surface area contributed by atoms with E-state index >= 15 is 0 Å². The molecule has 1 aliphatic rings. The van der Waals surface area contributed by atoms with Crippen LogP contribution >= 0.6 is 11.6 Å². The van der Waals surface area contributed by atoms with Crippen LogP contribution in [-0.4, -0.2) is 26.5 Å². The minimum absolute atomic E-state index is 0.0222. The second-order valence-electron chi connectivity index (χ2n) is 5.55. The molecule has 2 unspecified atom stereocenters. The van der Waals surface area contributed by atoms with Crippen molar-refractivity contribution in [3.05, 3.63) is 23.2 Å². The van der Waals surface area contributed by atoms with E-state index in [1.807, 2.05) is 37.2 Å². The first-order chi connectivity index (χ1) is 9.54. The Labute approximate surface area is 125 Å². The van der Waals surface area contributed by atoms with E-state index in [4.69, 9.17) is 17.3 Å². The first kappa shape index (κ1) is 15.1. The molecule has 0 saturated heterocycles. The van der Waals surface area contributed by atoms with E-state index in [0.29, 0.717) is 17.5 Å². The molecular weight excluding hydrogens is 274 g/mol. The van der Waals surface area contributed by atoms with Gasteiger partial charge in [0, 0.05) is 20.0 Å². The topological polar surface area (TPSA) is 58.4 Å². The standard InChI is InChI=1S/C15H22ClN3O/c1-19(2)14-12(16)7-4-8-13(14)18-15(20)11-6-3-5-10(11)9-17/h4,7-8,10-11H,3,5-6,9,17H2,1-2H3,(H,18,20). The summed E-state index contributed by atoms with van der Waals surface area (Å²) in [5.41, 5.74) is 7.35. The number of amides is 1. The van der Waals surface area contributed by atoms with E-state index in [2.05, 4.69) is 5.32 Å². The molecule has 5 heteroatoms. The summed E-state index contributed by atoms with van der Waals surface area (Å²) in [7, 11) is 3.82. The summed E-state index contributed by atoms with van der Waals surface area (Å²) in [5.74, 6) is 0.384. The number of rotatable bonds is 4. The van der Waals surface area contributed by atoms with Gasteiger partial charge in [-0.25, -0.2) is 0 Å². The normalized spacial score (nSPS) is 21.8. The predicted molar refractivity (Wildman–Crippen MR) is 84.3 cm³/mol. The molecule has 1 amide bonds. The SMILES string of the molecule is CN(C)c1c(Cl)cccc1NC(=O)C1CCCC1CN. The zero-order valence-electron chi connectivity index (χ0n) is 12.0. The molecule has 0 radical (unpaired) electrons. The van der Waals surface area contributed by atoms with Crippen LogP contribution in [0.2, 0.25) is 5.02 Å². The molecule has 0 aromatic heterocycles. The van der Waals surface area contributed by atoms with Crippen LogP contribution in [0.4, 0.5) is 11.4 Å². The minimum Gasteiger partial charge on any atom is -0.375 e. The van der Waals surface area contributed by atoms with Crippen molar-refractivity contribution in [3.63, 3.8) is 0 Å². The number of nitrogens with zero attached hydrogens (tertiary/aromatic N) is 1. The Hall–Kier alpha value is -1.26. The van der Waals surface area contributed by atoms with Gasteiger partial charge in [-0.1, -0.05) is 24.1 Å². The van der Waals surface area contributed by atoms with Gasteiger partial charge in [-0.15, -0.1) is 0 Å². The highest BCUT2D eigenvalue weighted by Crippen LogP contribution is 2.35. The average Bonchev–Trinajstić information content (AvgIpc) is 2.86. The summed E-state index contributed by atoms with van der Waals surface area (Å²) in [5, 5.41) is 3.65. The fraction of sp³-hybridized carbons (Fsp3) is 0.533. The Morgan fingerprint density at radius 3 is 2.85 bits per heavy atom. The third-order valence-electron chi connectivity index (χ3n) is 3.99. The molecule has 110 valence electrons. The van der Waals surface area contributed by atoms with Gasteiger partial charge in [0.05, 0.1) is 16.4 Å². The molecule has 1 aliphatic carbocycles. The first-order valence-corrected chi connectivity index (χ1v) is 7.39. The lowest BCUT2D eigenvalue weighted by Crippen LogP contribution is -2.30. The Morgan fingerprint density at radius 2 is 2.20 bits per heavy atom. The maximum absolute atomic E-state index is 12.4. The molecule has 0 bridgehead atoms. The van der Waals surface area contributed by atoms with Gasteiger partial charge in [0.1, 0.15) is 0 Å². The van der Waals surface area contributed by atoms with Gasteiger partial charge in [-0.3, -0.25) is 4.79 Å². The van der Waals surface area contributed by atoms with Crippen molar-refractivity contribution in [2.45, 2.75) is 19.3 Å². The van der Waals surface area contributed by atoms with Crippen LogP contribution in [0.1, 0.15) is 19.3 Å². The number of carbonyl (C=O) groups is 1. The highest BCUT2D eigenvalue weighted by molar-refractivity contribution is 6.34. The molecular formula is C15H22ClN3O. The fourth-order valence-electron chi connectivity index (χ4n) is 2.96. The average molecular weight is 296 g/mol. The van der Waals surface area contributed by atoms with Crippen LogP contribution in [-0.2, 0) is 4.79 Å². The minimum atomic E-state index is 0.0222. The Morgan fingerprint density at radius 1 is 1.45 bits per heavy atom. The molecule has 0 aliphatic heterocycles. The number of halogens is 1. The van der Waals surface area contributed by atoms with E-state index in [1.54, 1.807) is 0 Å². The third kappa shape index (κ3) is 3.07. The highest BCUT2D eigenvalue weighted by atomic mass is 35.5. The van der Waals surface area contributed by atoms with Gasteiger partial charge >= 0.3 is 0 Å². The zero-order chi connectivity index (χ0) is 14.7. The van der Waals surface area contributed by atoms with Crippen molar-refractivity contribution in [1.29, 1.82) is 0 Å². The summed E-state index contributed by atoms with van der Waals surface area (Å²) in [6.45, 7) is 0.578. The maximum Gasteiger partial charge on any atom is 0.227 e. The van der Waals surface area contributed by atoms with Crippen molar-refractivity contribution in [1.82, 2.24) is 0 Å². The van der Waals surface area contributed by atoms with Gasteiger partial charge in [0.25, 0.3) is 0 Å². The van der Waals surface area contributed by atoms with Gasteiger partial charge in [0.15, 0.2) is 0 Å². The highest BCUT2D eigenvalue weighted by Gasteiger charge is 2.32. The number of anilines is 2. The Kier molecular flexibility index (Phi) is 4.89. The summed E-state index contributed by atoms with van der Waals surface area (Å²) >= 11 is 6.21. The number of hydrogen-bond acceptors (Lipinski definition) is 3. The maximum atomic E-state index is 12.4. The van der Waals surface area contributed by atoms with Crippen LogP contribution in [0.5, 0.6) is 0 Å². The lowest BCUT2D eigenvalue weighted by molar-refractivity contribution is -0.120. The van der Waals surface area contributed by atoms with Crippen molar-refractivity contribution in [2.75, 3.05) is 30.9 Å². The number of benzene rings is 1. The second kappa shape index (κ2) is 6.46. The summed E-state index contributed by atoms with van der Waals surface area (Å²) < 4.78 is 0. The molecule has 1 aromatic rings. The molecule has 3 N–H and O–H groups in total. The molecule has 2 atom stereocenters. The van der Waals surface area contributed by atoms with Gasteiger partial charge in [0.2, 0.25) is 5.91 Å². The smallest absolute Gasteiger partial charge is 0.227 e. The molecule has 20 heavy (non-hydrogen) atoms. The van der Waals surface area contributed by atoms with E-state index in [-0.39, 0.29) is 11.8 Å². The zero-order valence-corrected chi connectivity index (χ0v) is 12.8. The fourth-order valence-corrected chi connectivity index (χ4v) is 3.30. The molecule has 0 heterocycles. The lowest BCUT2D eigenvalue weighted by atomic mass is 9.95. The molecule has 2 rings (SSSR count). The van der Waals surface area contributed by atoms with Crippen molar-refractivity contribution >= 4 is 28.9 Å². The van der Waals surface area contributed by atoms with Crippen LogP contribution in [0.3, 0.4) is 0 Å². The van der Waals surface area contributed by atoms with Gasteiger partial charge < -0.3 is 16.0 Å². The predicted octanol–water partition coefficient (Wildman–Crippen LogP) is 2.72. The molecule has 0 spiro atoms. The van der Waals surface area contributed by atoms with Crippen molar-refractivity contribution < 1.29 is 4.79 Å². The summed E-state index contributed by atoms with van der Waals surface area (Å²) in [6, 6.07) is 5.55. The van der Waals surface area contributed by atoms with Crippen molar-refractivity contribution in [3.8, 4) is 0 Å². The molecule has 4 nitrogen and oxygen atoms in total. The van der Waals surface area contributed by atoms with E-state index in [9.17, 15) is 4.79 Å². The third-order valence-corrected chi connectivity index (χ3v) is 4.30. The number of hydrogen-bond donors (Lipinski definition) is 2. The largest absolute Gasteiger partial charge is 0.375 e. The van der Waals surface area contributed by atoms with Crippen LogP contribution in [0.15, 0.2) is 18.2 Å². The molecule has 1 saturated carbocycles. The van der Waals surface area contributed by atoms with Crippen molar-refractivity contribution in [2.24, 2.45) is 17.6 Å².